The van der Waals surface area contributed by atoms with Gasteiger partial charge < -0.3 is 14.2 Å². The van der Waals surface area contributed by atoms with E-state index in [9.17, 15) is 0 Å². The summed E-state index contributed by atoms with van der Waals surface area (Å²) in [5, 5.41) is 0. The van der Waals surface area contributed by atoms with Gasteiger partial charge in [-0.1, -0.05) is 19.9 Å². The molecule has 0 bridgehead atoms. The lowest BCUT2D eigenvalue weighted by atomic mass is 10.1. The zero-order valence-electron chi connectivity index (χ0n) is 13.0. The number of ether oxygens (including phenoxy) is 3. The monoisotopic (exact) mass is 268 g/mol. The van der Waals surface area contributed by atoms with Crippen molar-refractivity contribution in [2.75, 3.05) is 34.0 Å². The average molecular weight is 268 g/mol. The highest BCUT2D eigenvalue weighted by Gasteiger charge is 2.00. The topological polar surface area (TPSA) is 27.7 Å². The predicted octanol–water partition coefficient (Wildman–Crippen LogP) is 3.63. The van der Waals surface area contributed by atoms with E-state index in [4.69, 9.17) is 14.2 Å². The molecule has 0 atom stereocenters. The first-order valence-electron chi connectivity index (χ1n) is 6.97. The molecule has 0 unspecified atom stereocenters. The number of hydrogen-bond acceptors (Lipinski definition) is 3. The Kier molecular flexibility index (Phi) is 11.3. The lowest BCUT2D eigenvalue weighted by Gasteiger charge is -2.09. The number of hydrogen-bond donors (Lipinski definition) is 0. The molecule has 0 N–H and O–H groups in total. The summed E-state index contributed by atoms with van der Waals surface area (Å²) in [4.78, 5) is 0. The first-order valence-corrected chi connectivity index (χ1v) is 6.97. The van der Waals surface area contributed by atoms with Crippen molar-refractivity contribution in [3.63, 3.8) is 0 Å². The van der Waals surface area contributed by atoms with E-state index < -0.39 is 0 Å². The summed E-state index contributed by atoms with van der Waals surface area (Å²) < 4.78 is 15.6. The van der Waals surface area contributed by atoms with Crippen LogP contribution < -0.4 is 4.74 Å². The molecule has 0 amide bonds. The third-order valence-electron chi connectivity index (χ3n) is 2.48. The molecule has 0 heterocycles. The Bertz CT molecular complexity index is 296. The minimum absolute atomic E-state index is 0.595. The van der Waals surface area contributed by atoms with Gasteiger partial charge in [-0.3, -0.25) is 0 Å². The smallest absolute Gasteiger partial charge is 0.119 e. The van der Waals surface area contributed by atoms with E-state index in [0.717, 1.165) is 25.2 Å². The molecule has 110 valence electrons. The van der Waals surface area contributed by atoms with Crippen LogP contribution in [0.2, 0.25) is 0 Å². The van der Waals surface area contributed by atoms with E-state index in [1.54, 1.807) is 14.2 Å². The summed E-state index contributed by atoms with van der Waals surface area (Å²) >= 11 is 0. The van der Waals surface area contributed by atoms with Crippen molar-refractivity contribution in [1.29, 1.82) is 0 Å². The summed E-state index contributed by atoms with van der Waals surface area (Å²) in [6, 6.07) is 6.34. The van der Waals surface area contributed by atoms with E-state index in [2.05, 4.69) is 25.1 Å². The molecule has 0 spiro atoms. The van der Waals surface area contributed by atoms with Crippen LogP contribution in [-0.4, -0.2) is 34.0 Å². The van der Waals surface area contributed by atoms with Crippen LogP contribution in [0.3, 0.4) is 0 Å². The molecular formula is C16H28O3. The second-order valence-electron chi connectivity index (χ2n) is 4.09. The molecule has 0 aliphatic rings. The number of benzene rings is 1. The Hall–Kier alpha value is -1.06. The van der Waals surface area contributed by atoms with E-state index in [1.165, 1.54) is 11.1 Å². The van der Waals surface area contributed by atoms with Crippen LogP contribution in [0.1, 0.15) is 31.4 Å². The van der Waals surface area contributed by atoms with Crippen molar-refractivity contribution in [3.05, 3.63) is 29.3 Å². The Morgan fingerprint density at radius 3 is 2.21 bits per heavy atom. The van der Waals surface area contributed by atoms with Gasteiger partial charge in [-0.25, -0.2) is 0 Å². The highest BCUT2D eigenvalue weighted by atomic mass is 16.5. The van der Waals surface area contributed by atoms with Gasteiger partial charge >= 0.3 is 0 Å². The highest BCUT2D eigenvalue weighted by molar-refractivity contribution is 5.33. The number of rotatable bonds is 8. The molecule has 19 heavy (non-hydrogen) atoms. The summed E-state index contributed by atoms with van der Waals surface area (Å²) in [5.74, 6) is 0.925. The first-order chi connectivity index (χ1) is 9.26. The van der Waals surface area contributed by atoms with Crippen LogP contribution in [0.25, 0.3) is 0 Å². The summed E-state index contributed by atoms with van der Waals surface area (Å²) in [7, 11) is 3.41. The van der Waals surface area contributed by atoms with Crippen LogP contribution in [0, 0.1) is 6.92 Å². The first kappa shape index (κ1) is 17.9. The fraction of sp³-hybridized carbons (Fsp3) is 0.625. The van der Waals surface area contributed by atoms with Gasteiger partial charge in [-0.15, -0.1) is 0 Å². The molecule has 0 aromatic heterocycles. The molecule has 0 saturated heterocycles. The maximum absolute atomic E-state index is 5.62. The molecule has 1 aromatic rings. The van der Waals surface area contributed by atoms with Gasteiger partial charge in [-0.2, -0.15) is 0 Å². The standard InChI is InChI=1S/C14H22O3.C2H6/c1-12-9-13(5-4-6-15-2)11-14(10-12)17-8-7-16-3;1-2/h9-11H,4-8H2,1-3H3;1-2H3. The molecule has 3 heteroatoms. The van der Waals surface area contributed by atoms with E-state index >= 15 is 0 Å². The fourth-order valence-corrected chi connectivity index (χ4v) is 1.72. The largest absolute Gasteiger partial charge is 0.491 e. The lowest BCUT2D eigenvalue weighted by molar-refractivity contribution is 0.146. The van der Waals surface area contributed by atoms with Gasteiger partial charge in [0.25, 0.3) is 0 Å². The quantitative estimate of drug-likeness (QED) is 0.674. The summed E-state index contributed by atoms with van der Waals surface area (Å²) in [6.45, 7) is 8.10. The zero-order chi connectivity index (χ0) is 14.5. The fourth-order valence-electron chi connectivity index (χ4n) is 1.72. The van der Waals surface area contributed by atoms with Gasteiger partial charge in [0.05, 0.1) is 6.61 Å². The van der Waals surface area contributed by atoms with Crippen molar-refractivity contribution in [3.8, 4) is 5.75 Å². The van der Waals surface area contributed by atoms with Crippen molar-refractivity contribution in [1.82, 2.24) is 0 Å². The molecule has 0 aliphatic heterocycles. The Morgan fingerprint density at radius 2 is 1.58 bits per heavy atom. The highest BCUT2D eigenvalue weighted by Crippen LogP contribution is 2.18. The van der Waals surface area contributed by atoms with Crippen molar-refractivity contribution >= 4 is 0 Å². The normalized spacial score (nSPS) is 9.74. The summed E-state index contributed by atoms with van der Waals surface area (Å²) in [5.41, 5.74) is 2.53. The minimum Gasteiger partial charge on any atom is -0.491 e. The third kappa shape index (κ3) is 8.62. The van der Waals surface area contributed by atoms with Crippen molar-refractivity contribution < 1.29 is 14.2 Å². The molecule has 0 fully saturated rings. The maximum atomic E-state index is 5.62. The maximum Gasteiger partial charge on any atom is 0.119 e. The molecule has 1 rings (SSSR count). The van der Waals surface area contributed by atoms with E-state index in [0.29, 0.717) is 13.2 Å². The van der Waals surface area contributed by atoms with Gasteiger partial charge in [0.15, 0.2) is 0 Å². The van der Waals surface area contributed by atoms with E-state index in [-0.39, 0.29) is 0 Å². The minimum atomic E-state index is 0.595. The Labute approximate surface area is 117 Å². The van der Waals surface area contributed by atoms with Gasteiger partial charge in [0.1, 0.15) is 12.4 Å². The predicted molar refractivity (Wildman–Crippen MR) is 80.1 cm³/mol. The van der Waals surface area contributed by atoms with Crippen molar-refractivity contribution in [2.24, 2.45) is 0 Å². The summed E-state index contributed by atoms with van der Waals surface area (Å²) in [6.07, 6.45) is 2.06. The second-order valence-corrected chi connectivity index (χ2v) is 4.09. The van der Waals surface area contributed by atoms with Crippen LogP contribution in [-0.2, 0) is 15.9 Å². The number of methoxy groups -OCH3 is 2. The lowest BCUT2D eigenvalue weighted by Crippen LogP contribution is -2.04. The molecule has 0 radical (unpaired) electrons. The van der Waals surface area contributed by atoms with Crippen molar-refractivity contribution in [2.45, 2.75) is 33.6 Å². The SMILES string of the molecule is CC.COCCCc1cc(C)cc(OCCOC)c1. The van der Waals surface area contributed by atoms with Gasteiger partial charge in [0, 0.05) is 20.8 Å². The Balaban J connectivity index is 0.00000154. The molecule has 0 aliphatic carbocycles. The zero-order valence-corrected chi connectivity index (χ0v) is 13.0. The number of aryl methyl sites for hydroxylation is 2. The van der Waals surface area contributed by atoms with Gasteiger partial charge in [-0.05, 0) is 43.0 Å². The molecule has 0 saturated carbocycles. The van der Waals surface area contributed by atoms with Crippen LogP contribution in [0.15, 0.2) is 18.2 Å². The molecule has 3 nitrogen and oxygen atoms in total. The second kappa shape index (κ2) is 12.0. The molecular weight excluding hydrogens is 240 g/mol. The van der Waals surface area contributed by atoms with E-state index in [1.807, 2.05) is 13.8 Å². The Morgan fingerprint density at radius 1 is 0.895 bits per heavy atom. The van der Waals surface area contributed by atoms with Gasteiger partial charge in [0.2, 0.25) is 0 Å². The molecule has 1 aromatic carbocycles. The van der Waals surface area contributed by atoms with Crippen LogP contribution in [0.5, 0.6) is 5.75 Å². The van der Waals surface area contributed by atoms with Crippen LogP contribution >= 0.6 is 0 Å². The third-order valence-corrected chi connectivity index (χ3v) is 2.48. The van der Waals surface area contributed by atoms with Crippen LogP contribution in [0.4, 0.5) is 0 Å². The average Bonchev–Trinajstić information content (AvgIpc) is 2.41.